The second-order valence-corrected chi connectivity index (χ2v) is 7.68. The SMILES string of the molecule is Cc1noc(C)c1CCC(=O)NC[C@H]1[C@@H]2CNC[C@@H](C2)c2cccc(=O)n21. The van der Waals surface area contributed by atoms with Crippen molar-refractivity contribution >= 4 is 5.91 Å². The van der Waals surface area contributed by atoms with Crippen molar-refractivity contribution in [2.75, 3.05) is 19.6 Å². The maximum atomic E-state index is 12.5. The summed E-state index contributed by atoms with van der Waals surface area (Å²) in [7, 11) is 0. The first-order valence-corrected chi connectivity index (χ1v) is 9.65. The van der Waals surface area contributed by atoms with E-state index in [0.717, 1.165) is 42.2 Å². The van der Waals surface area contributed by atoms with Crippen LogP contribution in [0.1, 0.15) is 47.5 Å². The molecule has 4 rings (SSSR count). The highest BCUT2D eigenvalue weighted by Gasteiger charge is 2.37. The summed E-state index contributed by atoms with van der Waals surface area (Å²) in [5.41, 5.74) is 2.95. The number of hydrogen-bond acceptors (Lipinski definition) is 5. The molecule has 2 bridgehead atoms. The van der Waals surface area contributed by atoms with Crippen LogP contribution in [0.5, 0.6) is 0 Å². The molecule has 144 valence electrons. The Morgan fingerprint density at radius 3 is 3.00 bits per heavy atom. The Balaban J connectivity index is 1.44. The molecular weight excluding hydrogens is 344 g/mol. The van der Waals surface area contributed by atoms with Gasteiger partial charge in [-0.3, -0.25) is 9.59 Å². The molecule has 4 heterocycles. The molecule has 0 saturated carbocycles. The van der Waals surface area contributed by atoms with Gasteiger partial charge in [-0.25, -0.2) is 0 Å². The molecule has 7 nitrogen and oxygen atoms in total. The van der Waals surface area contributed by atoms with Crippen molar-refractivity contribution in [1.29, 1.82) is 0 Å². The fourth-order valence-corrected chi connectivity index (χ4v) is 4.57. The number of carbonyl (C=O) groups excluding carboxylic acids is 1. The lowest BCUT2D eigenvalue weighted by atomic mass is 9.79. The molecule has 2 aliphatic rings. The van der Waals surface area contributed by atoms with Gasteiger partial charge in [-0.15, -0.1) is 0 Å². The number of nitrogens with one attached hydrogen (secondary N) is 2. The molecule has 2 aromatic heterocycles. The number of nitrogens with zero attached hydrogens (tertiary/aromatic N) is 2. The van der Waals surface area contributed by atoms with Gasteiger partial charge >= 0.3 is 0 Å². The maximum absolute atomic E-state index is 12.5. The highest BCUT2D eigenvalue weighted by Crippen LogP contribution is 2.38. The summed E-state index contributed by atoms with van der Waals surface area (Å²) in [6.07, 6.45) is 2.06. The number of hydrogen-bond donors (Lipinski definition) is 2. The topological polar surface area (TPSA) is 89.2 Å². The molecule has 2 N–H and O–H groups in total. The van der Waals surface area contributed by atoms with Crippen LogP contribution in [0.15, 0.2) is 27.5 Å². The van der Waals surface area contributed by atoms with Crippen LogP contribution in [0.4, 0.5) is 0 Å². The van der Waals surface area contributed by atoms with Gasteiger partial charge in [0.1, 0.15) is 5.76 Å². The molecule has 3 atom stereocenters. The third-order valence-electron chi connectivity index (χ3n) is 5.99. The molecule has 27 heavy (non-hydrogen) atoms. The molecule has 0 aromatic carbocycles. The minimum absolute atomic E-state index is 0.000708. The van der Waals surface area contributed by atoms with E-state index in [9.17, 15) is 9.59 Å². The minimum Gasteiger partial charge on any atom is -0.361 e. The summed E-state index contributed by atoms with van der Waals surface area (Å²) >= 11 is 0. The lowest BCUT2D eigenvalue weighted by molar-refractivity contribution is -0.121. The average Bonchev–Trinajstić information content (AvgIpc) is 2.98. The van der Waals surface area contributed by atoms with Gasteiger partial charge in [0.2, 0.25) is 5.91 Å². The predicted octanol–water partition coefficient (Wildman–Crippen LogP) is 1.45. The lowest BCUT2D eigenvalue weighted by Gasteiger charge is -2.43. The summed E-state index contributed by atoms with van der Waals surface area (Å²) in [5.74, 6) is 1.50. The fourth-order valence-electron chi connectivity index (χ4n) is 4.57. The number of pyridine rings is 1. The Bertz CT molecular complexity index is 881. The average molecular weight is 370 g/mol. The number of piperidine rings is 1. The first-order valence-electron chi connectivity index (χ1n) is 9.65. The molecule has 0 unspecified atom stereocenters. The molecule has 0 spiro atoms. The zero-order valence-corrected chi connectivity index (χ0v) is 15.8. The van der Waals surface area contributed by atoms with Crippen LogP contribution >= 0.6 is 0 Å². The summed E-state index contributed by atoms with van der Waals surface area (Å²) in [6, 6.07) is 5.49. The van der Waals surface area contributed by atoms with E-state index in [1.165, 1.54) is 0 Å². The molecule has 1 saturated heterocycles. The van der Waals surface area contributed by atoms with Crippen LogP contribution < -0.4 is 16.2 Å². The van der Waals surface area contributed by atoms with E-state index in [1.807, 2.05) is 30.5 Å². The molecule has 2 aliphatic heterocycles. The maximum Gasteiger partial charge on any atom is 0.251 e. The van der Waals surface area contributed by atoms with Crippen LogP contribution in [0.3, 0.4) is 0 Å². The molecule has 0 aliphatic carbocycles. The van der Waals surface area contributed by atoms with Crippen molar-refractivity contribution in [3.05, 3.63) is 51.3 Å². The molecule has 2 aromatic rings. The predicted molar refractivity (Wildman–Crippen MR) is 101 cm³/mol. The van der Waals surface area contributed by atoms with Crippen molar-refractivity contribution in [1.82, 2.24) is 20.4 Å². The van der Waals surface area contributed by atoms with Crippen molar-refractivity contribution in [3.8, 4) is 0 Å². The summed E-state index contributed by atoms with van der Waals surface area (Å²) < 4.78 is 7.06. The second kappa shape index (κ2) is 7.31. The van der Waals surface area contributed by atoms with Gasteiger partial charge in [0.15, 0.2) is 0 Å². The van der Waals surface area contributed by atoms with E-state index in [0.29, 0.717) is 31.2 Å². The molecule has 0 radical (unpaired) electrons. The Labute approximate surface area is 158 Å². The van der Waals surface area contributed by atoms with Crippen LogP contribution in [0, 0.1) is 19.8 Å². The summed E-state index contributed by atoms with van der Waals surface area (Å²) in [5, 5.41) is 10.5. The zero-order valence-electron chi connectivity index (χ0n) is 15.8. The number of carbonyl (C=O) groups is 1. The first kappa shape index (κ1) is 18.0. The Morgan fingerprint density at radius 2 is 2.22 bits per heavy atom. The van der Waals surface area contributed by atoms with Crippen molar-refractivity contribution in [2.24, 2.45) is 5.92 Å². The number of amides is 1. The second-order valence-electron chi connectivity index (χ2n) is 7.68. The number of aryl methyl sites for hydroxylation is 2. The van der Waals surface area contributed by atoms with Gasteiger partial charge in [-0.05, 0) is 38.7 Å². The van der Waals surface area contributed by atoms with Gasteiger partial charge in [0, 0.05) is 49.3 Å². The van der Waals surface area contributed by atoms with Crippen LogP contribution in [-0.4, -0.2) is 35.3 Å². The van der Waals surface area contributed by atoms with Crippen LogP contribution in [0.2, 0.25) is 0 Å². The van der Waals surface area contributed by atoms with Crippen molar-refractivity contribution in [2.45, 2.75) is 45.1 Å². The standard InChI is InChI=1S/C20H26N4O3/c1-12-16(13(2)27-23-12)6-7-19(25)22-11-18-15-8-14(9-21-10-15)17-4-3-5-20(26)24(17)18/h3-5,14-15,18,21H,6-11H2,1-2H3,(H,22,25)/t14-,15+,18+/m1/s1. The van der Waals surface area contributed by atoms with E-state index in [1.54, 1.807) is 6.07 Å². The van der Waals surface area contributed by atoms with E-state index in [4.69, 9.17) is 4.52 Å². The molecule has 1 amide bonds. The molecule has 7 heteroatoms. The Kier molecular flexibility index (Phi) is 4.86. The minimum atomic E-state index is -0.00794. The number of rotatable bonds is 5. The quantitative estimate of drug-likeness (QED) is 0.832. The largest absolute Gasteiger partial charge is 0.361 e. The number of aromatic nitrogens is 2. The van der Waals surface area contributed by atoms with Gasteiger partial charge in [-0.2, -0.15) is 0 Å². The Morgan fingerprint density at radius 1 is 1.37 bits per heavy atom. The monoisotopic (exact) mass is 370 g/mol. The summed E-state index contributed by atoms with van der Waals surface area (Å²) in [6.45, 7) is 6.04. The number of fused-ring (bicyclic) bond motifs is 4. The normalized spacial score (nSPS) is 23.7. The van der Waals surface area contributed by atoms with Crippen LogP contribution in [-0.2, 0) is 11.2 Å². The van der Waals surface area contributed by atoms with E-state index < -0.39 is 0 Å². The smallest absolute Gasteiger partial charge is 0.251 e. The van der Waals surface area contributed by atoms with Crippen molar-refractivity contribution in [3.63, 3.8) is 0 Å². The Hall–Kier alpha value is -2.41. The van der Waals surface area contributed by atoms with Crippen molar-refractivity contribution < 1.29 is 9.32 Å². The lowest BCUT2D eigenvalue weighted by Crippen LogP contribution is -2.50. The van der Waals surface area contributed by atoms with Crippen LogP contribution in [0.25, 0.3) is 0 Å². The molecular formula is C20H26N4O3. The zero-order chi connectivity index (χ0) is 19.0. The first-order chi connectivity index (χ1) is 13.0. The van der Waals surface area contributed by atoms with Gasteiger partial charge in [0.25, 0.3) is 5.56 Å². The van der Waals surface area contributed by atoms with Gasteiger partial charge < -0.3 is 19.7 Å². The molecule has 1 fully saturated rings. The highest BCUT2D eigenvalue weighted by atomic mass is 16.5. The van der Waals surface area contributed by atoms with E-state index >= 15 is 0 Å². The van der Waals surface area contributed by atoms with E-state index in [-0.39, 0.29) is 17.5 Å². The summed E-state index contributed by atoms with van der Waals surface area (Å²) in [4.78, 5) is 24.9. The van der Waals surface area contributed by atoms with E-state index in [2.05, 4.69) is 15.8 Å². The van der Waals surface area contributed by atoms with Gasteiger partial charge in [0.05, 0.1) is 11.7 Å². The fraction of sp³-hybridized carbons (Fsp3) is 0.550. The third kappa shape index (κ3) is 3.43. The highest BCUT2D eigenvalue weighted by molar-refractivity contribution is 5.76. The third-order valence-corrected chi connectivity index (χ3v) is 5.99. The van der Waals surface area contributed by atoms with Gasteiger partial charge in [-0.1, -0.05) is 11.2 Å².